The fourth-order valence-corrected chi connectivity index (χ4v) is 4.06. The van der Waals surface area contributed by atoms with Crippen molar-refractivity contribution in [1.29, 1.82) is 0 Å². The molecule has 3 heteroatoms. The summed E-state index contributed by atoms with van der Waals surface area (Å²) >= 11 is 0. The van der Waals surface area contributed by atoms with E-state index in [4.69, 9.17) is 0 Å². The number of hydrogen-bond acceptors (Lipinski definition) is 3. The van der Waals surface area contributed by atoms with Crippen LogP contribution in [-0.4, -0.2) is 62.2 Å². The summed E-state index contributed by atoms with van der Waals surface area (Å²) in [6.45, 7) is 7.70. The average Bonchev–Trinajstić information content (AvgIpc) is 2.84. The molecule has 17 heavy (non-hydrogen) atoms. The van der Waals surface area contributed by atoms with Crippen molar-refractivity contribution in [3.8, 4) is 0 Å². The van der Waals surface area contributed by atoms with Gasteiger partial charge in [-0.2, -0.15) is 0 Å². The Bertz CT molecular complexity index is 256. The van der Waals surface area contributed by atoms with Gasteiger partial charge in [0.2, 0.25) is 0 Å². The Morgan fingerprint density at radius 2 is 2.00 bits per heavy atom. The van der Waals surface area contributed by atoms with E-state index in [-0.39, 0.29) is 0 Å². The van der Waals surface area contributed by atoms with Gasteiger partial charge in [-0.1, -0.05) is 6.42 Å². The summed E-state index contributed by atoms with van der Waals surface area (Å²) in [7, 11) is 2.25. The van der Waals surface area contributed by atoms with E-state index in [1.807, 2.05) is 0 Å². The maximum absolute atomic E-state index is 3.78. The van der Waals surface area contributed by atoms with Crippen molar-refractivity contribution in [3.63, 3.8) is 0 Å². The molecule has 0 bridgehead atoms. The van der Waals surface area contributed by atoms with E-state index in [0.717, 1.165) is 17.9 Å². The van der Waals surface area contributed by atoms with Crippen molar-refractivity contribution < 1.29 is 0 Å². The smallest absolute Gasteiger partial charge is 0.0226 e. The van der Waals surface area contributed by atoms with Crippen LogP contribution in [0.3, 0.4) is 0 Å². The first-order chi connectivity index (χ1) is 8.33. The zero-order chi connectivity index (χ0) is 11.7. The lowest BCUT2D eigenvalue weighted by molar-refractivity contribution is 0.230. The fraction of sp³-hybridized carbons (Fsp3) is 1.00. The highest BCUT2D eigenvalue weighted by atomic mass is 15.2. The van der Waals surface area contributed by atoms with Gasteiger partial charge < -0.3 is 15.1 Å². The van der Waals surface area contributed by atoms with Crippen LogP contribution in [0.2, 0.25) is 0 Å². The highest BCUT2D eigenvalue weighted by Gasteiger charge is 2.39. The van der Waals surface area contributed by atoms with Gasteiger partial charge in [0.25, 0.3) is 0 Å². The summed E-state index contributed by atoms with van der Waals surface area (Å²) in [5.74, 6) is 2.01. The average molecular weight is 237 g/mol. The third kappa shape index (κ3) is 2.67. The van der Waals surface area contributed by atoms with Crippen molar-refractivity contribution in [2.24, 2.45) is 11.8 Å². The molecule has 2 heterocycles. The molecule has 3 rings (SSSR count). The molecule has 1 aliphatic carbocycles. The topological polar surface area (TPSA) is 18.5 Å². The van der Waals surface area contributed by atoms with Crippen LogP contribution in [-0.2, 0) is 0 Å². The maximum Gasteiger partial charge on any atom is 0.0226 e. The molecule has 3 unspecified atom stereocenters. The summed E-state index contributed by atoms with van der Waals surface area (Å²) in [5, 5.41) is 3.78. The third-order valence-corrected chi connectivity index (χ3v) is 5.14. The van der Waals surface area contributed by atoms with Gasteiger partial charge >= 0.3 is 0 Å². The molecule has 2 aliphatic heterocycles. The first-order valence-corrected chi connectivity index (χ1v) is 7.47. The van der Waals surface area contributed by atoms with Gasteiger partial charge in [-0.3, -0.25) is 0 Å². The molecule has 2 saturated heterocycles. The van der Waals surface area contributed by atoms with Crippen LogP contribution in [0.5, 0.6) is 0 Å². The van der Waals surface area contributed by atoms with E-state index >= 15 is 0 Å². The molecule has 3 aliphatic rings. The van der Waals surface area contributed by atoms with E-state index in [1.54, 1.807) is 0 Å². The van der Waals surface area contributed by atoms with Gasteiger partial charge in [0.15, 0.2) is 0 Å². The SMILES string of the molecule is CN1CCCN(CC2NCC3CCCC32)CC1. The minimum absolute atomic E-state index is 0.797. The molecule has 3 atom stereocenters. The second-order valence-electron chi connectivity index (χ2n) is 6.33. The van der Waals surface area contributed by atoms with Crippen molar-refractivity contribution in [2.75, 3.05) is 46.3 Å². The Labute approximate surface area is 106 Å². The van der Waals surface area contributed by atoms with Crippen molar-refractivity contribution in [1.82, 2.24) is 15.1 Å². The molecule has 0 aromatic carbocycles. The molecular formula is C14H27N3. The molecule has 0 radical (unpaired) electrons. The first-order valence-electron chi connectivity index (χ1n) is 7.47. The van der Waals surface area contributed by atoms with E-state index < -0.39 is 0 Å². The molecule has 98 valence electrons. The van der Waals surface area contributed by atoms with E-state index in [9.17, 15) is 0 Å². The normalized spacial score (nSPS) is 40.4. The van der Waals surface area contributed by atoms with Crippen LogP contribution in [0.15, 0.2) is 0 Å². The number of likely N-dealkylation sites (N-methyl/N-ethyl adjacent to an activating group) is 1. The molecule has 3 fully saturated rings. The third-order valence-electron chi connectivity index (χ3n) is 5.14. The number of hydrogen-bond donors (Lipinski definition) is 1. The molecule has 0 spiro atoms. The highest BCUT2D eigenvalue weighted by molar-refractivity contribution is 4.95. The minimum atomic E-state index is 0.797. The Kier molecular flexibility index (Phi) is 3.69. The lowest BCUT2D eigenvalue weighted by Gasteiger charge is -2.27. The Morgan fingerprint density at radius 3 is 2.94 bits per heavy atom. The summed E-state index contributed by atoms with van der Waals surface area (Å²) in [6, 6.07) is 0.797. The van der Waals surface area contributed by atoms with Gasteiger partial charge in [0.05, 0.1) is 0 Å². The number of nitrogens with zero attached hydrogens (tertiary/aromatic N) is 2. The summed E-state index contributed by atoms with van der Waals surface area (Å²) in [5.41, 5.74) is 0. The molecule has 0 amide bonds. The maximum atomic E-state index is 3.78. The van der Waals surface area contributed by atoms with Crippen molar-refractivity contribution in [3.05, 3.63) is 0 Å². The minimum Gasteiger partial charge on any atom is -0.312 e. The monoisotopic (exact) mass is 237 g/mol. The second kappa shape index (κ2) is 5.25. The van der Waals surface area contributed by atoms with E-state index in [2.05, 4.69) is 22.2 Å². The Morgan fingerprint density at radius 1 is 1.06 bits per heavy atom. The van der Waals surface area contributed by atoms with Crippen LogP contribution in [0, 0.1) is 11.8 Å². The standard InChI is InChI=1S/C14H27N3/c1-16-6-3-7-17(9-8-16)11-14-13-5-2-4-12(13)10-15-14/h12-15H,2-11H2,1H3. The number of nitrogens with one attached hydrogen (secondary N) is 1. The van der Waals surface area contributed by atoms with E-state index in [1.165, 1.54) is 65.0 Å². The highest BCUT2D eigenvalue weighted by Crippen LogP contribution is 2.37. The van der Waals surface area contributed by atoms with Gasteiger partial charge in [-0.25, -0.2) is 0 Å². The van der Waals surface area contributed by atoms with Crippen LogP contribution in [0.25, 0.3) is 0 Å². The fourth-order valence-electron chi connectivity index (χ4n) is 4.06. The zero-order valence-corrected chi connectivity index (χ0v) is 11.2. The van der Waals surface area contributed by atoms with Gasteiger partial charge in [-0.15, -0.1) is 0 Å². The Balaban J connectivity index is 1.52. The largest absolute Gasteiger partial charge is 0.312 e. The number of fused-ring (bicyclic) bond motifs is 1. The lowest BCUT2D eigenvalue weighted by atomic mass is 9.94. The van der Waals surface area contributed by atoms with Crippen LogP contribution < -0.4 is 5.32 Å². The summed E-state index contributed by atoms with van der Waals surface area (Å²) in [4.78, 5) is 5.17. The van der Waals surface area contributed by atoms with Gasteiger partial charge in [-0.05, 0) is 57.8 Å². The van der Waals surface area contributed by atoms with Crippen LogP contribution in [0.4, 0.5) is 0 Å². The molecule has 0 aromatic heterocycles. The predicted molar refractivity (Wildman–Crippen MR) is 71.2 cm³/mol. The molecule has 1 saturated carbocycles. The molecular weight excluding hydrogens is 210 g/mol. The first kappa shape index (κ1) is 11.9. The molecule has 0 aromatic rings. The lowest BCUT2D eigenvalue weighted by Crippen LogP contribution is -2.42. The number of rotatable bonds is 2. The van der Waals surface area contributed by atoms with Crippen molar-refractivity contribution >= 4 is 0 Å². The van der Waals surface area contributed by atoms with Crippen LogP contribution >= 0.6 is 0 Å². The zero-order valence-electron chi connectivity index (χ0n) is 11.2. The van der Waals surface area contributed by atoms with Gasteiger partial charge in [0.1, 0.15) is 0 Å². The molecule has 3 nitrogen and oxygen atoms in total. The summed E-state index contributed by atoms with van der Waals surface area (Å²) < 4.78 is 0. The second-order valence-corrected chi connectivity index (χ2v) is 6.33. The quantitative estimate of drug-likeness (QED) is 0.773. The van der Waals surface area contributed by atoms with Crippen molar-refractivity contribution in [2.45, 2.75) is 31.7 Å². The van der Waals surface area contributed by atoms with Gasteiger partial charge in [0, 0.05) is 25.7 Å². The molecule has 1 N–H and O–H groups in total. The predicted octanol–water partition coefficient (Wildman–Crippen LogP) is 1.01. The summed E-state index contributed by atoms with van der Waals surface area (Å²) in [6.07, 6.45) is 5.79. The van der Waals surface area contributed by atoms with Crippen LogP contribution in [0.1, 0.15) is 25.7 Å². The Hall–Kier alpha value is -0.120. The van der Waals surface area contributed by atoms with E-state index in [0.29, 0.717) is 0 Å².